The van der Waals surface area contributed by atoms with E-state index in [-0.39, 0.29) is 5.78 Å². The zero-order chi connectivity index (χ0) is 11.5. The molecule has 0 spiro atoms. The van der Waals surface area contributed by atoms with Crippen molar-refractivity contribution in [2.24, 2.45) is 0 Å². The molecule has 1 aromatic carbocycles. The minimum absolute atomic E-state index is 0.124. The van der Waals surface area contributed by atoms with Crippen LogP contribution < -0.4 is 9.47 Å². The van der Waals surface area contributed by atoms with E-state index in [2.05, 4.69) is 4.90 Å². The van der Waals surface area contributed by atoms with Crippen LogP contribution in [0.25, 0.3) is 0 Å². The highest BCUT2D eigenvalue weighted by molar-refractivity contribution is 5.98. The molecule has 0 aromatic heterocycles. The quantitative estimate of drug-likeness (QED) is 0.553. The van der Waals surface area contributed by atoms with E-state index in [1.165, 1.54) is 0 Å². The van der Waals surface area contributed by atoms with Gasteiger partial charge in [-0.3, -0.25) is 9.69 Å². The van der Waals surface area contributed by atoms with Gasteiger partial charge in [-0.25, -0.2) is 0 Å². The van der Waals surface area contributed by atoms with Gasteiger partial charge in [0.05, 0.1) is 20.8 Å². The number of rotatable bonds is 5. The Labute approximate surface area is 94.8 Å². The van der Waals surface area contributed by atoms with Crippen LogP contribution in [0, 0.1) is 0 Å². The van der Waals surface area contributed by atoms with Crippen LogP contribution in [-0.4, -0.2) is 44.5 Å². The Hall–Kier alpha value is -1.55. The van der Waals surface area contributed by atoms with E-state index in [0.29, 0.717) is 23.6 Å². The van der Waals surface area contributed by atoms with Crippen LogP contribution in [0.5, 0.6) is 11.5 Å². The Balaban J connectivity index is 2.17. The van der Waals surface area contributed by atoms with Crippen LogP contribution in [0.1, 0.15) is 10.4 Å². The van der Waals surface area contributed by atoms with Crippen LogP contribution in [0.15, 0.2) is 18.2 Å². The summed E-state index contributed by atoms with van der Waals surface area (Å²) in [5, 5.41) is 0. The van der Waals surface area contributed by atoms with Crippen molar-refractivity contribution >= 4 is 5.78 Å². The lowest BCUT2D eigenvalue weighted by atomic mass is 10.1. The molecule has 2 rings (SSSR count). The number of carbonyl (C=O) groups is 1. The van der Waals surface area contributed by atoms with E-state index in [1.54, 1.807) is 32.4 Å². The molecule has 1 saturated heterocycles. The van der Waals surface area contributed by atoms with E-state index < -0.39 is 0 Å². The molecule has 4 nitrogen and oxygen atoms in total. The van der Waals surface area contributed by atoms with Crippen molar-refractivity contribution in [3.05, 3.63) is 23.8 Å². The van der Waals surface area contributed by atoms with Crippen LogP contribution in [0.2, 0.25) is 0 Å². The van der Waals surface area contributed by atoms with Gasteiger partial charge in [0.2, 0.25) is 0 Å². The summed E-state index contributed by atoms with van der Waals surface area (Å²) in [6, 6.07) is 5.26. The van der Waals surface area contributed by atoms with Crippen LogP contribution in [0.4, 0.5) is 0 Å². The highest BCUT2D eigenvalue weighted by Crippen LogP contribution is 2.27. The maximum atomic E-state index is 11.8. The Morgan fingerprint density at radius 1 is 1.25 bits per heavy atom. The zero-order valence-electron chi connectivity index (χ0n) is 9.53. The summed E-state index contributed by atoms with van der Waals surface area (Å²) in [7, 11) is 3.14. The molecular weight excluding hydrogens is 206 g/mol. The Morgan fingerprint density at radius 2 is 1.94 bits per heavy atom. The number of carbonyl (C=O) groups excluding carboxylic acids is 1. The van der Waals surface area contributed by atoms with Gasteiger partial charge in [0.15, 0.2) is 17.3 Å². The number of methoxy groups -OCH3 is 2. The summed E-state index contributed by atoms with van der Waals surface area (Å²) in [4.78, 5) is 13.9. The number of ketones is 1. The van der Waals surface area contributed by atoms with Gasteiger partial charge in [0.1, 0.15) is 0 Å². The van der Waals surface area contributed by atoms with Gasteiger partial charge >= 0.3 is 0 Å². The fraction of sp³-hybridized carbons (Fsp3) is 0.417. The van der Waals surface area contributed by atoms with Crippen LogP contribution in [0.3, 0.4) is 0 Å². The molecule has 0 amide bonds. The predicted octanol–water partition coefficient (Wildman–Crippen LogP) is 1.20. The molecule has 0 radical (unpaired) electrons. The molecule has 0 aliphatic carbocycles. The second kappa shape index (κ2) is 4.53. The standard InChI is InChI=1S/C12H15NO3/c1-15-11-4-3-9(7-12(11)16-2)10(14)8-13-5-6-13/h3-4,7H,5-6,8H2,1-2H3. The van der Waals surface area contributed by atoms with Crippen molar-refractivity contribution in [3.63, 3.8) is 0 Å². The molecule has 1 aromatic rings. The molecule has 16 heavy (non-hydrogen) atoms. The Morgan fingerprint density at radius 3 is 2.50 bits per heavy atom. The van der Waals surface area contributed by atoms with Gasteiger partial charge in [-0.05, 0) is 18.2 Å². The molecule has 0 unspecified atom stereocenters. The molecule has 0 bridgehead atoms. The van der Waals surface area contributed by atoms with Crippen molar-refractivity contribution in [1.82, 2.24) is 4.90 Å². The number of benzene rings is 1. The van der Waals surface area contributed by atoms with Gasteiger partial charge in [0, 0.05) is 18.7 Å². The highest BCUT2D eigenvalue weighted by atomic mass is 16.5. The van der Waals surface area contributed by atoms with Gasteiger partial charge in [-0.15, -0.1) is 0 Å². The second-order valence-electron chi connectivity index (χ2n) is 3.77. The lowest BCUT2D eigenvalue weighted by Crippen LogP contribution is -2.13. The first-order valence-corrected chi connectivity index (χ1v) is 5.22. The summed E-state index contributed by atoms with van der Waals surface area (Å²) in [6.07, 6.45) is 0. The van der Waals surface area contributed by atoms with Crippen LogP contribution in [-0.2, 0) is 0 Å². The van der Waals surface area contributed by atoms with E-state index in [9.17, 15) is 4.79 Å². The first-order valence-electron chi connectivity index (χ1n) is 5.22. The largest absolute Gasteiger partial charge is 0.493 e. The van der Waals surface area contributed by atoms with E-state index in [4.69, 9.17) is 9.47 Å². The summed E-state index contributed by atoms with van der Waals surface area (Å²) in [5.74, 6) is 1.36. The maximum Gasteiger partial charge on any atom is 0.176 e. The fourth-order valence-electron chi connectivity index (χ4n) is 1.53. The molecule has 1 aliphatic rings. The first kappa shape index (κ1) is 11.0. The van der Waals surface area contributed by atoms with Crippen molar-refractivity contribution in [2.45, 2.75) is 0 Å². The summed E-state index contributed by atoms with van der Waals surface area (Å²) in [5.41, 5.74) is 0.671. The van der Waals surface area contributed by atoms with E-state index in [0.717, 1.165) is 13.1 Å². The third-order valence-corrected chi connectivity index (χ3v) is 2.61. The molecule has 0 atom stereocenters. The predicted molar refractivity (Wildman–Crippen MR) is 60.3 cm³/mol. The lowest BCUT2D eigenvalue weighted by molar-refractivity contribution is 0.0974. The summed E-state index contributed by atoms with van der Waals surface area (Å²) in [6.45, 7) is 2.55. The molecule has 86 valence electrons. The molecule has 1 heterocycles. The second-order valence-corrected chi connectivity index (χ2v) is 3.77. The van der Waals surface area contributed by atoms with E-state index in [1.807, 2.05) is 0 Å². The Bertz CT molecular complexity index is 399. The van der Waals surface area contributed by atoms with Gasteiger partial charge in [0.25, 0.3) is 0 Å². The Kier molecular flexibility index (Phi) is 3.10. The van der Waals surface area contributed by atoms with Gasteiger partial charge in [-0.2, -0.15) is 0 Å². The zero-order valence-corrected chi connectivity index (χ0v) is 9.53. The minimum atomic E-state index is 0.124. The van der Waals surface area contributed by atoms with Gasteiger partial charge in [-0.1, -0.05) is 0 Å². The number of nitrogens with zero attached hydrogens (tertiary/aromatic N) is 1. The lowest BCUT2D eigenvalue weighted by Gasteiger charge is -2.09. The van der Waals surface area contributed by atoms with Gasteiger partial charge < -0.3 is 9.47 Å². The molecular formula is C12H15NO3. The minimum Gasteiger partial charge on any atom is -0.493 e. The van der Waals surface area contributed by atoms with E-state index >= 15 is 0 Å². The number of hydrogen-bond acceptors (Lipinski definition) is 4. The number of Topliss-reactive ketones (excluding diaryl/α,β-unsaturated/α-hetero) is 1. The third kappa shape index (κ3) is 2.33. The van der Waals surface area contributed by atoms with Crippen molar-refractivity contribution in [3.8, 4) is 11.5 Å². The fourth-order valence-corrected chi connectivity index (χ4v) is 1.53. The summed E-state index contributed by atoms with van der Waals surface area (Å²) >= 11 is 0. The smallest absolute Gasteiger partial charge is 0.176 e. The first-order chi connectivity index (χ1) is 7.74. The molecule has 4 heteroatoms. The monoisotopic (exact) mass is 221 g/mol. The maximum absolute atomic E-state index is 11.8. The normalized spacial score (nSPS) is 14.6. The summed E-state index contributed by atoms with van der Waals surface area (Å²) < 4.78 is 10.3. The molecule has 1 fully saturated rings. The molecule has 1 aliphatic heterocycles. The molecule has 0 saturated carbocycles. The third-order valence-electron chi connectivity index (χ3n) is 2.61. The molecule has 0 N–H and O–H groups in total. The van der Waals surface area contributed by atoms with Crippen LogP contribution >= 0.6 is 0 Å². The average Bonchev–Trinajstić information content (AvgIpc) is 3.11. The average molecular weight is 221 g/mol. The number of ether oxygens (including phenoxy) is 2. The van der Waals surface area contributed by atoms with Crippen molar-refractivity contribution < 1.29 is 14.3 Å². The van der Waals surface area contributed by atoms with Crippen molar-refractivity contribution in [1.29, 1.82) is 0 Å². The van der Waals surface area contributed by atoms with Crippen molar-refractivity contribution in [2.75, 3.05) is 33.9 Å². The SMILES string of the molecule is COc1ccc(C(=O)CN2CC2)cc1OC. The topological polar surface area (TPSA) is 38.5 Å². The number of hydrogen-bond donors (Lipinski definition) is 0. The highest BCUT2D eigenvalue weighted by Gasteiger charge is 2.21.